The fourth-order valence-electron chi connectivity index (χ4n) is 3.74. The zero-order valence-corrected chi connectivity index (χ0v) is 18.2. The minimum Gasteiger partial charge on any atom is -0.469 e. The summed E-state index contributed by atoms with van der Waals surface area (Å²) in [6.07, 6.45) is 1.42. The molecule has 0 atom stereocenters. The van der Waals surface area contributed by atoms with Crippen molar-refractivity contribution < 1.29 is 18.4 Å². The molecule has 0 aliphatic carbocycles. The molecule has 0 aliphatic rings. The van der Waals surface area contributed by atoms with Gasteiger partial charge in [-0.05, 0) is 50.2 Å². The molecule has 0 unspecified atom stereocenters. The van der Waals surface area contributed by atoms with Crippen LogP contribution in [0.1, 0.15) is 29.5 Å². The van der Waals surface area contributed by atoms with E-state index in [4.69, 9.17) is 4.42 Å². The second-order valence-corrected chi connectivity index (χ2v) is 7.50. The summed E-state index contributed by atoms with van der Waals surface area (Å²) in [7, 11) is 0. The van der Waals surface area contributed by atoms with Gasteiger partial charge in [0.05, 0.1) is 28.5 Å². The first kappa shape index (κ1) is 22.1. The topological polar surface area (TPSA) is 98.3 Å². The van der Waals surface area contributed by atoms with E-state index >= 15 is 0 Å². The lowest BCUT2D eigenvalue weighted by Gasteiger charge is -2.10. The number of amides is 2. The van der Waals surface area contributed by atoms with Crippen LogP contribution in [-0.4, -0.2) is 20.9 Å². The van der Waals surface area contributed by atoms with Gasteiger partial charge in [-0.25, -0.2) is 9.18 Å². The first-order valence-corrected chi connectivity index (χ1v) is 10.5. The molecular formula is C24H23FN4O4. The second kappa shape index (κ2) is 9.15. The van der Waals surface area contributed by atoms with Crippen molar-refractivity contribution in [3.63, 3.8) is 0 Å². The first-order chi connectivity index (χ1) is 15.9. The summed E-state index contributed by atoms with van der Waals surface area (Å²) < 4.78 is 22.5. The van der Waals surface area contributed by atoms with Crippen LogP contribution in [0.3, 0.4) is 0 Å². The predicted molar refractivity (Wildman–Crippen MR) is 123 cm³/mol. The van der Waals surface area contributed by atoms with Gasteiger partial charge in [-0.1, -0.05) is 12.1 Å². The highest BCUT2D eigenvalue weighted by molar-refractivity contribution is 6.05. The Hall–Kier alpha value is -4.14. The van der Waals surface area contributed by atoms with Crippen molar-refractivity contribution in [2.45, 2.75) is 33.4 Å². The SMILES string of the molecule is CCn1c(=O)n(CCC(=O)Nc2ccc(F)c(NC(=O)c3ccoc3C)c2)c2ccccc21. The molecule has 9 heteroatoms. The summed E-state index contributed by atoms with van der Waals surface area (Å²) in [5, 5.41) is 5.18. The van der Waals surface area contributed by atoms with E-state index in [1.165, 1.54) is 24.5 Å². The van der Waals surface area contributed by atoms with Crippen molar-refractivity contribution in [1.82, 2.24) is 9.13 Å². The molecule has 0 spiro atoms. The summed E-state index contributed by atoms with van der Waals surface area (Å²) in [6, 6.07) is 12.8. The molecule has 0 saturated carbocycles. The fraction of sp³-hybridized carbons (Fsp3) is 0.208. The molecule has 2 amide bonds. The van der Waals surface area contributed by atoms with Gasteiger partial charge in [0, 0.05) is 25.2 Å². The Morgan fingerprint density at radius 1 is 1.03 bits per heavy atom. The third kappa shape index (κ3) is 4.43. The number of halogens is 1. The van der Waals surface area contributed by atoms with Gasteiger partial charge in [-0.2, -0.15) is 0 Å². The summed E-state index contributed by atoms with van der Waals surface area (Å²) in [5.41, 5.74) is 1.95. The highest BCUT2D eigenvalue weighted by Gasteiger charge is 2.16. The number of hydrogen-bond acceptors (Lipinski definition) is 4. The number of carbonyl (C=O) groups excluding carboxylic acids is 2. The van der Waals surface area contributed by atoms with E-state index in [0.717, 1.165) is 17.1 Å². The Kier molecular flexibility index (Phi) is 6.12. The molecule has 4 aromatic rings. The van der Waals surface area contributed by atoms with E-state index in [9.17, 15) is 18.8 Å². The van der Waals surface area contributed by atoms with Crippen molar-refractivity contribution in [3.05, 3.63) is 82.4 Å². The zero-order valence-electron chi connectivity index (χ0n) is 18.2. The van der Waals surface area contributed by atoms with Crippen LogP contribution >= 0.6 is 0 Å². The molecule has 0 aliphatic heterocycles. The molecule has 8 nitrogen and oxygen atoms in total. The van der Waals surface area contributed by atoms with Crippen LogP contribution in [0.4, 0.5) is 15.8 Å². The van der Waals surface area contributed by atoms with Gasteiger partial charge in [-0.3, -0.25) is 18.7 Å². The highest BCUT2D eigenvalue weighted by atomic mass is 19.1. The molecule has 170 valence electrons. The number of benzene rings is 2. The number of aryl methyl sites for hydroxylation is 3. The van der Waals surface area contributed by atoms with Gasteiger partial charge in [0.25, 0.3) is 5.91 Å². The van der Waals surface area contributed by atoms with E-state index in [1.807, 2.05) is 31.2 Å². The van der Waals surface area contributed by atoms with Gasteiger partial charge in [0.1, 0.15) is 11.6 Å². The van der Waals surface area contributed by atoms with E-state index < -0.39 is 11.7 Å². The van der Waals surface area contributed by atoms with Gasteiger partial charge in [0.2, 0.25) is 5.91 Å². The number of hydrogen-bond donors (Lipinski definition) is 2. The lowest BCUT2D eigenvalue weighted by atomic mass is 10.2. The molecule has 0 saturated heterocycles. The Bertz CT molecular complexity index is 1400. The van der Waals surface area contributed by atoms with Crippen molar-refractivity contribution in [1.29, 1.82) is 0 Å². The zero-order chi connectivity index (χ0) is 23.5. The van der Waals surface area contributed by atoms with Crippen molar-refractivity contribution in [3.8, 4) is 0 Å². The third-order valence-corrected chi connectivity index (χ3v) is 5.41. The largest absolute Gasteiger partial charge is 0.469 e. The van der Waals surface area contributed by atoms with Gasteiger partial charge in [0.15, 0.2) is 0 Å². The molecule has 4 rings (SSSR count). The number of rotatable bonds is 7. The van der Waals surface area contributed by atoms with E-state index in [-0.39, 0.29) is 30.2 Å². The molecule has 2 aromatic carbocycles. The Morgan fingerprint density at radius 3 is 2.42 bits per heavy atom. The molecule has 2 heterocycles. The van der Waals surface area contributed by atoms with Crippen LogP contribution in [-0.2, 0) is 17.9 Å². The van der Waals surface area contributed by atoms with E-state index in [0.29, 0.717) is 23.6 Å². The summed E-state index contributed by atoms with van der Waals surface area (Å²) in [6.45, 7) is 4.25. The maximum Gasteiger partial charge on any atom is 0.329 e. The second-order valence-electron chi connectivity index (χ2n) is 7.50. The normalized spacial score (nSPS) is 11.0. The van der Waals surface area contributed by atoms with Crippen LogP contribution < -0.4 is 16.3 Å². The third-order valence-electron chi connectivity index (χ3n) is 5.41. The summed E-state index contributed by atoms with van der Waals surface area (Å²) >= 11 is 0. The number of anilines is 2. The minimum absolute atomic E-state index is 0.0465. The molecule has 2 N–H and O–H groups in total. The summed E-state index contributed by atoms with van der Waals surface area (Å²) in [4.78, 5) is 37.6. The average Bonchev–Trinajstić information content (AvgIpc) is 3.34. The average molecular weight is 450 g/mol. The van der Waals surface area contributed by atoms with Crippen molar-refractivity contribution in [2.75, 3.05) is 10.6 Å². The highest BCUT2D eigenvalue weighted by Crippen LogP contribution is 2.22. The number of furan rings is 1. The predicted octanol–water partition coefficient (Wildman–Crippen LogP) is 4.14. The van der Waals surface area contributed by atoms with E-state index in [1.54, 1.807) is 16.1 Å². The van der Waals surface area contributed by atoms with Crippen molar-refractivity contribution >= 4 is 34.2 Å². The van der Waals surface area contributed by atoms with Crippen LogP contribution in [0, 0.1) is 12.7 Å². The molecule has 2 aromatic heterocycles. The van der Waals surface area contributed by atoms with Gasteiger partial charge in [-0.15, -0.1) is 0 Å². The minimum atomic E-state index is -0.638. The number of para-hydroxylation sites is 2. The Morgan fingerprint density at radius 2 is 1.76 bits per heavy atom. The molecular weight excluding hydrogens is 427 g/mol. The van der Waals surface area contributed by atoms with Crippen LogP contribution in [0.15, 0.2) is 64.0 Å². The lowest BCUT2D eigenvalue weighted by molar-refractivity contribution is -0.116. The quantitative estimate of drug-likeness (QED) is 0.442. The number of nitrogens with zero attached hydrogens (tertiary/aromatic N) is 2. The van der Waals surface area contributed by atoms with Gasteiger partial charge < -0.3 is 15.1 Å². The molecule has 33 heavy (non-hydrogen) atoms. The number of carbonyl (C=O) groups is 2. The lowest BCUT2D eigenvalue weighted by Crippen LogP contribution is -2.25. The number of imidazole rings is 1. The van der Waals surface area contributed by atoms with Crippen LogP contribution in [0.2, 0.25) is 0 Å². The summed E-state index contributed by atoms with van der Waals surface area (Å²) in [5.74, 6) is -1.08. The maximum atomic E-state index is 14.2. The van der Waals surface area contributed by atoms with Crippen molar-refractivity contribution in [2.24, 2.45) is 0 Å². The molecule has 0 bridgehead atoms. The van der Waals surface area contributed by atoms with E-state index in [2.05, 4.69) is 10.6 Å². The van der Waals surface area contributed by atoms with Crippen LogP contribution in [0.25, 0.3) is 11.0 Å². The Balaban J connectivity index is 1.45. The standard InChI is InChI=1S/C24H23FN4O4/c1-3-28-20-6-4-5-7-21(20)29(24(28)32)12-10-22(30)26-16-8-9-18(25)19(14-16)27-23(31)17-11-13-33-15(17)2/h4-9,11,13-14H,3,10,12H2,1-2H3,(H,26,30)(H,27,31). The fourth-order valence-corrected chi connectivity index (χ4v) is 3.74. The molecule has 0 fully saturated rings. The number of nitrogens with one attached hydrogen (secondary N) is 2. The van der Waals surface area contributed by atoms with Crippen LogP contribution in [0.5, 0.6) is 0 Å². The maximum absolute atomic E-state index is 14.2. The number of aromatic nitrogens is 2. The van der Waals surface area contributed by atoms with Gasteiger partial charge >= 0.3 is 5.69 Å². The smallest absolute Gasteiger partial charge is 0.329 e. The Labute approximate surface area is 188 Å². The number of fused-ring (bicyclic) bond motifs is 1. The first-order valence-electron chi connectivity index (χ1n) is 10.5. The molecule has 0 radical (unpaired) electrons. The monoisotopic (exact) mass is 450 g/mol.